The fourth-order valence-electron chi connectivity index (χ4n) is 2.51. The minimum Gasteiger partial charge on any atom is -0.478 e. The minimum atomic E-state index is -1.23. The normalized spacial score (nSPS) is 24.4. The third kappa shape index (κ3) is 3.52. The molecule has 4 nitrogen and oxygen atoms in total. The first-order valence-electron chi connectivity index (χ1n) is 6.35. The highest BCUT2D eigenvalue weighted by atomic mass is 19.1. The van der Waals surface area contributed by atoms with Gasteiger partial charge >= 0.3 is 5.97 Å². The van der Waals surface area contributed by atoms with Crippen LogP contribution in [0.25, 0.3) is 0 Å². The van der Waals surface area contributed by atoms with E-state index in [1.165, 1.54) is 12.1 Å². The van der Waals surface area contributed by atoms with Crippen LogP contribution in [0.1, 0.15) is 29.8 Å². The fraction of sp³-hybridized carbons (Fsp3) is 0.500. The number of carboxylic acids is 1. The molecule has 1 aromatic carbocycles. The van der Waals surface area contributed by atoms with Gasteiger partial charge in [-0.15, -0.1) is 0 Å². The lowest BCUT2D eigenvalue weighted by Crippen LogP contribution is -2.44. The third-order valence-corrected chi connectivity index (χ3v) is 3.16. The number of aromatic carboxylic acids is 1. The highest BCUT2D eigenvalue weighted by molar-refractivity contribution is 5.88. The van der Waals surface area contributed by atoms with Crippen molar-refractivity contribution in [2.45, 2.75) is 32.6 Å². The number of halogens is 1. The van der Waals surface area contributed by atoms with Gasteiger partial charge in [0.1, 0.15) is 5.82 Å². The summed E-state index contributed by atoms with van der Waals surface area (Å²) in [7, 11) is 0. The largest absolute Gasteiger partial charge is 0.478 e. The Morgan fingerprint density at radius 3 is 2.63 bits per heavy atom. The van der Waals surface area contributed by atoms with E-state index < -0.39 is 11.8 Å². The molecule has 1 heterocycles. The van der Waals surface area contributed by atoms with Crippen molar-refractivity contribution in [1.29, 1.82) is 0 Å². The fourth-order valence-corrected chi connectivity index (χ4v) is 2.51. The Morgan fingerprint density at radius 2 is 2.05 bits per heavy atom. The molecular weight excluding hydrogens is 249 g/mol. The van der Waals surface area contributed by atoms with Crippen LogP contribution < -0.4 is 0 Å². The summed E-state index contributed by atoms with van der Waals surface area (Å²) in [6.07, 6.45) is 0.311. The van der Waals surface area contributed by atoms with Gasteiger partial charge in [0, 0.05) is 19.6 Å². The molecule has 0 bridgehead atoms. The topological polar surface area (TPSA) is 49.8 Å². The lowest BCUT2D eigenvalue weighted by molar-refractivity contribution is -0.0705. The molecule has 1 saturated heterocycles. The summed E-state index contributed by atoms with van der Waals surface area (Å²) >= 11 is 0. The van der Waals surface area contributed by atoms with Crippen LogP contribution in [0.3, 0.4) is 0 Å². The molecule has 19 heavy (non-hydrogen) atoms. The summed E-state index contributed by atoms with van der Waals surface area (Å²) in [5.74, 6) is -1.93. The Kier molecular flexibility index (Phi) is 4.17. The van der Waals surface area contributed by atoms with Gasteiger partial charge in [0.15, 0.2) is 0 Å². The van der Waals surface area contributed by atoms with E-state index in [1.54, 1.807) is 6.07 Å². The number of hydrogen-bond donors (Lipinski definition) is 1. The van der Waals surface area contributed by atoms with Gasteiger partial charge in [-0.3, -0.25) is 4.90 Å². The van der Waals surface area contributed by atoms with Crippen LogP contribution in [0.5, 0.6) is 0 Å². The van der Waals surface area contributed by atoms with E-state index in [4.69, 9.17) is 9.84 Å². The van der Waals surface area contributed by atoms with Gasteiger partial charge in [-0.05, 0) is 31.5 Å². The summed E-state index contributed by atoms with van der Waals surface area (Å²) in [6.45, 7) is 6.22. The highest BCUT2D eigenvalue weighted by Crippen LogP contribution is 2.16. The van der Waals surface area contributed by atoms with Crippen molar-refractivity contribution in [2.75, 3.05) is 13.1 Å². The third-order valence-electron chi connectivity index (χ3n) is 3.16. The van der Waals surface area contributed by atoms with Gasteiger partial charge in [-0.25, -0.2) is 9.18 Å². The minimum absolute atomic E-state index is 0.156. The quantitative estimate of drug-likeness (QED) is 0.911. The smallest absolute Gasteiger partial charge is 0.338 e. The van der Waals surface area contributed by atoms with Crippen molar-refractivity contribution in [2.24, 2.45) is 0 Å². The summed E-state index contributed by atoms with van der Waals surface area (Å²) < 4.78 is 18.9. The van der Waals surface area contributed by atoms with Crippen molar-refractivity contribution in [3.63, 3.8) is 0 Å². The second-order valence-electron chi connectivity index (χ2n) is 5.07. The van der Waals surface area contributed by atoms with E-state index in [0.29, 0.717) is 6.54 Å². The van der Waals surface area contributed by atoms with E-state index in [2.05, 4.69) is 4.90 Å². The van der Waals surface area contributed by atoms with Crippen LogP contribution >= 0.6 is 0 Å². The summed E-state index contributed by atoms with van der Waals surface area (Å²) in [4.78, 5) is 13.1. The van der Waals surface area contributed by atoms with Gasteiger partial charge in [-0.1, -0.05) is 6.07 Å². The standard InChI is InChI=1S/C14H18FNO3/c1-9-6-16(7-10(2)19-9)8-11-3-4-13(15)12(5-11)14(17)18/h3-5,9-10H,6-8H2,1-2H3,(H,17,18)/t9-,10+. The van der Waals surface area contributed by atoms with Gasteiger partial charge in [0.25, 0.3) is 0 Å². The lowest BCUT2D eigenvalue weighted by atomic mass is 10.1. The van der Waals surface area contributed by atoms with Gasteiger partial charge in [-0.2, -0.15) is 0 Å². The van der Waals surface area contributed by atoms with Gasteiger partial charge in [0.05, 0.1) is 17.8 Å². The summed E-state index contributed by atoms with van der Waals surface area (Å²) in [5, 5.41) is 8.91. The molecule has 1 N–H and O–H groups in total. The number of carbonyl (C=O) groups is 1. The summed E-state index contributed by atoms with van der Waals surface area (Å²) in [6, 6.07) is 4.25. The van der Waals surface area contributed by atoms with Crippen LogP contribution in [0.15, 0.2) is 18.2 Å². The number of hydrogen-bond acceptors (Lipinski definition) is 3. The number of benzene rings is 1. The van der Waals surface area contributed by atoms with Gasteiger partial charge in [0.2, 0.25) is 0 Å². The molecule has 2 atom stereocenters. The SMILES string of the molecule is C[C@@H]1CN(Cc2ccc(F)c(C(=O)O)c2)C[C@H](C)O1. The van der Waals surface area contributed by atoms with E-state index in [1.807, 2.05) is 13.8 Å². The Morgan fingerprint density at radius 1 is 1.42 bits per heavy atom. The molecule has 1 fully saturated rings. The van der Waals surface area contributed by atoms with Crippen molar-refractivity contribution < 1.29 is 19.0 Å². The molecule has 2 rings (SSSR count). The number of ether oxygens (including phenoxy) is 1. The molecule has 1 aliphatic heterocycles. The molecule has 1 aromatic rings. The predicted molar refractivity (Wildman–Crippen MR) is 68.6 cm³/mol. The molecule has 0 amide bonds. The molecular formula is C14H18FNO3. The number of nitrogens with zero attached hydrogens (tertiary/aromatic N) is 1. The molecule has 0 spiro atoms. The molecule has 1 aliphatic rings. The molecule has 0 saturated carbocycles. The molecule has 0 unspecified atom stereocenters. The second-order valence-corrected chi connectivity index (χ2v) is 5.07. The van der Waals surface area contributed by atoms with E-state index in [0.717, 1.165) is 18.7 Å². The van der Waals surface area contributed by atoms with Crippen LogP contribution in [0.2, 0.25) is 0 Å². The van der Waals surface area contributed by atoms with Crippen LogP contribution in [0.4, 0.5) is 4.39 Å². The Hall–Kier alpha value is -1.46. The first kappa shape index (κ1) is 14.0. The van der Waals surface area contributed by atoms with E-state index in [9.17, 15) is 9.18 Å². The second kappa shape index (κ2) is 5.67. The van der Waals surface area contributed by atoms with E-state index in [-0.39, 0.29) is 17.8 Å². The highest BCUT2D eigenvalue weighted by Gasteiger charge is 2.22. The first-order chi connectivity index (χ1) is 8.95. The Balaban J connectivity index is 2.10. The van der Waals surface area contributed by atoms with Crippen molar-refractivity contribution in [3.8, 4) is 0 Å². The lowest BCUT2D eigenvalue weighted by Gasteiger charge is -2.35. The zero-order valence-electron chi connectivity index (χ0n) is 11.1. The van der Waals surface area contributed by atoms with Crippen LogP contribution in [-0.2, 0) is 11.3 Å². The first-order valence-corrected chi connectivity index (χ1v) is 6.35. The zero-order chi connectivity index (χ0) is 14.0. The molecule has 0 aliphatic carbocycles. The number of rotatable bonds is 3. The maximum atomic E-state index is 13.3. The van der Waals surface area contributed by atoms with E-state index >= 15 is 0 Å². The average Bonchev–Trinajstić information content (AvgIpc) is 2.30. The van der Waals surface area contributed by atoms with Crippen molar-refractivity contribution >= 4 is 5.97 Å². The Bertz CT molecular complexity index is 468. The van der Waals surface area contributed by atoms with Crippen molar-refractivity contribution in [1.82, 2.24) is 4.90 Å². The van der Waals surface area contributed by atoms with Gasteiger partial charge < -0.3 is 9.84 Å². The van der Waals surface area contributed by atoms with Crippen molar-refractivity contribution in [3.05, 3.63) is 35.1 Å². The molecule has 0 aromatic heterocycles. The van der Waals surface area contributed by atoms with Crippen LogP contribution in [-0.4, -0.2) is 41.3 Å². The predicted octanol–water partition coefficient (Wildman–Crippen LogP) is 2.13. The maximum Gasteiger partial charge on any atom is 0.338 e. The van der Waals surface area contributed by atoms with Crippen LogP contribution in [0, 0.1) is 5.82 Å². The number of carboxylic acid groups (broad SMARTS) is 1. The average molecular weight is 267 g/mol. The maximum absolute atomic E-state index is 13.3. The summed E-state index contributed by atoms with van der Waals surface area (Å²) in [5.41, 5.74) is 0.534. The monoisotopic (exact) mass is 267 g/mol. The molecule has 104 valence electrons. The zero-order valence-corrected chi connectivity index (χ0v) is 11.1. The Labute approximate surface area is 111 Å². The molecule has 5 heteroatoms. The number of morpholine rings is 1. The molecule has 0 radical (unpaired) electrons.